The van der Waals surface area contributed by atoms with Crippen LogP contribution in [-0.4, -0.2) is 19.0 Å². The van der Waals surface area contributed by atoms with Crippen LogP contribution >= 0.6 is 11.8 Å². The molecule has 0 unspecified atom stereocenters. The van der Waals surface area contributed by atoms with Crippen molar-refractivity contribution in [2.75, 3.05) is 13.7 Å². The maximum absolute atomic E-state index is 5.95. The zero-order valence-corrected chi connectivity index (χ0v) is 13.0. The number of rotatable bonds is 4. The lowest BCUT2D eigenvalue weighted by atomic mass is 10.0. The van der Waals surface area contributed by atoms with E-state index >= 15 is 0 Å². The number of hydrogen-bond donors (Lipinski definition) is 0. The normalized spacial score (nSPS) is 22.0. The molecule has 2 nitrogen and oxygen atoms in total. The Bertz CT molecular complexity index is 553. The molecule has 1 aliphatic heterocycles. The van der Waals surface area contributed by atoms with Crippen LogP contribution in [0.25, 0.3) is 0 Å². The molecule has 3 rings (SSSR count). The summed E-state index contributed by atoms with van der Waals surface area (Å²) < 4.78 is 11.2. The summed E-state index contributed by atoms with van der Waals surface area (Å²) in [5, 5.41) is 0.619. The largest absolute Gasteiger partial charge is 0.497 e. The molecule has 1 saturated heterocycles. The van der Waals surface area contributed by atoms with E-state index < -0.39 is 0 Å². The minimum Gasteiger partial charge on any atom is -0.497 e. The lowest BCUT2D eigenvalue weighted by Gasteiger charge is -2.29. The molecule has 2 atom stereocenters. The summed E-state index contributed by atoms with van der Waals surface area (Å²) in [6.45, 7) is 0.835. The van der Waals surface area contributed by atoms with Gasteiger partial charge in [0.15, 0.2) is 0 Å². The molecule has 0 bridgehead atoms. The van der Waals surface area contributed by atoms with Gasteiger partial charge in [-0.25, -0.2) is 0 Å². The van der Waals surface area contributed by atoms with Gasteiger partial charge in [0.2, 0.25) is 0 Å². The Balaban J connectivity index is 1.64. The molecule has 1 fully saturated rings. The van der Waals surface area contributed by atoms with Crippen molar-refractivity contribution >= 4 is 11.8 Å². The zero-order chi connectivity index (χ0) is 14.5. The van der Waals surface area contributed by atoms with Gasteiger partial charge < -0.3 is 9.47 Å². The monoisotopic (exact) mass is 300 g/mol. The van der Waals surface area contributed by atoms with Crippen LogP contribution in [-0.2, 0) is 4.74 Å². The summed E-state index contributed by atoms with van der Waals surface area (Å²) in [6, 6.07) is 18.9. The molecular formula is C18H20O2S. The minimum absolute atomic E-state index is 0.200. The van der Waals surface area contributed by atoms with Crippen LogP contribution in [0.4, 0.5) is 0 Å². The molecule has 0 amide bonds. The van der Waals surface area contributed by atoms with Gasteiger partial charge in [-0.1, -0.05) is 30.3 Å². The van der Waals surface area contributed by atoms with Crippen molar-refractivity contribution in [3.05, 3.63) is 60.2 Å². The van der Waals surface area contributed by atoms with Crippen LogP contribution in [0.5, 0.6) is 5.75 Å². The molecule has 0 saturated carbocycles. The highest BCUT2D eigenvalue weighted by molar-refractivity contribution is 8.00. The molecular weight excluding hydrogens is 280 g/mol. The van der Waals surface area contributed by atoms with Crippen molar-refractivity contribution in [2.24, 2.45) is 0 Å². The van der Waals surface area contributed by atoms with E-state index in [9.17, 15) is 0 Å². The van der Waals surface area contributed by atoms with Gasteiger partial charge in [0.1, 0.15) is 5.75 Å². The first-order valence-electron chi connectivity index (χ1n) is 7.32. The second kappa shape index (κ2) is 7.01. The van der Waals surface area contributed by atoms with Crippen molar-refractivity contribution in [1.29, 1.82) is 0 Å². The SMILES string of the molecule is COc1ccc([C@H]2C[C@@H](Sc3ccccc3)CCO2)cc1. The standard InChI is InChI=1S/C18H20O2S/c1-19-15-9-7-14(8-10-15)18-13-17(11-12-20-18)21-16-5-3-2-4-6-16/h2-10,17-18H,11-13H2,1H3/t17-,18+/m0/s1. The van der Waals surface area contributed by atoms with Gasteiger partial charge >= 0.3 is 0 Å². The van der Waals surface area contributed by atoms with E-state index in [1.807, 2.05) is 23.9 Å². The Morgan fingerprint density at radius 2 is 1.81 bits per heavy atom. The maximum Gasteiger partial charge on any atom is 0.118 e. The first-order valence-corrected chi connectivity index (χ1v) is 8.20. The number of benzene rings is 2. The second-order valence-corrected chi connectivity index (χ2v) is 6.58. The van der Waals surface area contributed by atoms with Crippen LogP contribution in [0.15, 0.2) is 59.5 Å². The Morgan fingerprint density at radius 3 is 2.52 bits per heavy atom. The fourth-order valence-corrected chi connectivity index (χ4v) is 3.80. The van der Waals surface area contributed by atoms with E-state index in [1.165, 1.54) is 10.5 Å². The van der Waals surface area contributed by atoms with Gasteiger partial charge in [0.05, 0.1) is 13.2 Å². The van der Waals surface area contributed by atoms with E-state index in [0.717, 1.165) is 25.2 Å². The molecule has 2 aromatic rings. The molecule has 0 aromatic heterocycles. The van der Waals surface area contributed by atoms with Crippen LogP contribution in [0.3, 0.4) is 0 Å². The van der Waals surface area contributed by atoms with Gasteiger partial charge in [0.25, 0.3) is 0 Å². The molecule has 0 radical (unpaired) electrons. The van der Waals surface area contributed by atoms with Gasteiger partial charge in [-0.2, -0.15) is 0 Å². The molecule has 3 heteroatoms. The Kier molecular flexibility index (Phi) is 4.84. The molecule has 0 N–H and O–H groups in total. The molecule has 1 heterocycles. The van der Waals surface area contributed by atoms with E-state index in [1.54, 1.807) is 7.11 Å². The summed E-state index contributed by atoms with van der Waals surface area (Å²) in [5.41, 5.74) is 1.24. The Labute approximate surface area is 130 Å². The van der Waals surface area contributed by atoms with Crippen molar-refractivity contribution in [1.82, 2.24) is 0 Å². The minimum atomic E-state index is 0.200. The van der Waals surface area contributed by atoms with E-state index in [2.05, 4.69) is 42.5 Å². The number of hydrogen-bond acceptors (Lipinski definition) is 3. The predicted molar refractivity (Wildman–Crippen MR) is 87.0 cm³/mol. The summed E-state index contributed by atoms with van der Waals surface area (Å²) in [4.78, 5) is 1.35. The van der Waals surface area contributed by atoms with E-state index in [4.69, 9.17) is 9.47 Å². The molecule has 110 valence electrons. The third kappa shape index (κ3) is 3.80. The molecule has 2 aromatic carbocycles. The van der Waals surface area contributed by atoms with Crippen LogP contribution in [0.1, 0.15) is 24.5 Å². The van der Waals surface area contributed by atoms with Crippen LogP contribution < -0.4 is 4.74 Å². The lowest BCUT2D eigenvalue weighted by molar-refractivity contribution is 0.0178. The van der Waals surface area contributed by atoms with E-state index in [0.29, 0.717) is 5.25 Å². The predicted octanol–water partition coefficient (Wildman–Crippen LogP) is 4.71. The first-order chi connectivity index (χ1) is 10.3. The van der Waals surface area contributed by atoms with Crippen molar-refractivity contribution < 1.29 is 9.47 Å². The topological polar surface area (TPSA) is 18.5 Å². The first kappa shape index (κ1) is 14.5. The summed E-state index contributed by atoms with van der Waals surface area (Å²) >= 11 is 1.97. The average molecular weight is 300 g/mol. The third-order valence-electron chi connectivity index (χ3n) is 3.77. The number of ether oxygens (including phenoxy) is 2. The number of thioether (sulfide) groups is 1. The average Bonchev–Trinajstić information content (AvgIpc) is 2.56. The summed E-state index contributed by atoms with van der Waals surface area (Å²) in [5.74, 6) is 0.893. The highest BCUT2D eigenvalue weighted by Crippen LogP contribution is 2.37. The molecule has 21 heavy (non-hydrogen) atoms. The fourth-order valence-electron chi connectivity index (χ4n) is 2.62. The Hall–Kier alpha value is -1.45. The highest BCUT2D eigenvalue weighted by Gasteiger charge is 2.24. The fraction of sp³-hybridized carbons (Fsp3) is 0.333. The van der Waals surface area contributed by atoms with Crippen molar-refractivity contribution in [2.45, 2.75) is 29.1 Å². The van der Waals surface area contributed by atoms with Crippen molar-refractivity contribution in [3.63, 3.8) is 0 Å². The maximum atomic E-state index is 5.95. The second-order valence-electron chi connectivity index (χ2n) is 5.21. The lowest BCUT2D eigenvalue weighted by Crippen LogP contribution is -2.21. The summed E-state index contributed by atoms with van der Waals surface area (Å²) in [7, 11) is 1.69. The summed E-state index contributed by atoms with van der Waals surface area (Å²) in [6.07, 6.45) is 2.38. The zero-order valence-electron chi connectivity index (χ0n) is 12.2. The Morgan fingerprint density at radius 1 is 1.05 bits per heavy atom. The van der Waals surface area contributed by atoms with Gasteiger partial charge in [-0.3, -0.25) is 0 Å². The molecule has 1 aliphatic rings. The molecule has 0 aliphatic carbocycles. The van der Waals surface area contributed by atoms with Gasteiger partial charge in [-0.05, 0) is 42.7 Å². The molecule has 0 spiro atoms. The van der Waals surface area contributed by atoms with Crippen LogP contribution in [0.2, 0.25) is 0 Å². The number of methoxy groups -OCH3 is 1. The third-order valence-corrected chi connectivity index (χ3v) is 5.08. The quantitative estimate of drug-likeness (QED) is 0.815. The van der Waals surface area contributed by atoms with Gasteiger partial charge in [0, 0.05) is 16.8 Å². The highest BCUT2D eigenvalue weighted by atomic mass is 32.2. The van der Waals surface area contributed by atoms with E-state index in [-0.39, 0.29) is 6.10 Å². The van der Waals surface area contributed by atoms with Crippen molar-refractivity contribution in [3.8, 4) is 5.75 Å². The van der Waals surface area contributed by atoms with Gasteiger partial charge in [-0.15, -0.1) is 11.8 Å². The smallest absolute Gasteiger partial charge is 0.118 e. The van der Waals surface area contributed by atoms with Crippen LogP contribution in [0, 0.1) is 0 Å².